The highest BCUT2D eigenvalue weighted by Crippen LogP contribution is 2.38. The van der Waals surface area contributed by atoms with Gasteiger partial charge in [-0.1, -0.05) is 41.5 Å². The summed E-state index contributed by atoms with van der Waals surface area (Å²) in [5.41, 5.74) is 9.70. The van der Waals surface area contributed by atoms with Crippen LogP contribution in [0.15, 0.2) is 75.4 Å². The predicted octanol–water partition coefficient (Wildman–Crippen LogP) is 2.03. The van der Waals surface area contributed by atoms with Crippen molar-refractivity contribution in [3.05, 3.63) is 102 Å². The van der Waals surface area contributed by atoms with Crippen LogP contribution in [0.3, 0.4) is 0 Å². The molecule has 59 heavy (non-hydrogen) atoms. The van der Waals surface area contributed by atoms with Gasteiger partial charge in [-0.05, 0) is 50.5 Å². The van der Waals surface area contributed by atoms with Crippen molar-refractivity contribution in [1.29, 1.82) is 0 Å². The summed E-state index contributed by atoms with van der Waals surface area (Å²) in [5, 5.41) is 6.21. The average molecular weight is 860 g/mol. The molecule has 1 aromatic heterocycles. The lowest BCUT2D eigenvalue weighted by Gasteiger charge is -2.49. The fraction of sp³-hybridized carbons (Fsp3) is 0.444. The summed E-state index contributed by atoms with van der Waals surface area (Å²) in [6, 6.07) is 12.0. The van der Waals surface area contributed by atoms with Crippen LogP contribution < -0.4 is 15.1 Å². The standard InChI is InChI=1S/C36H37N5O16S2/c1-17(42)38-25-29(56-33(47)22-13-9-6-10-14-22)27(23(54-31(25)39-40-37)16-51-32(46)21-11-7-5-8-12-21)57-34-26(41-35(48)58-59-36(41)49)30(53-20(4)45)28(52-19(3)44)24(55-34)15-50-18(2)43/h5-14,23-31,34H,15-16H2,1-4H3,(H,38,42)/t23-,24-,25-,26-,27-,28-,29-,30-,31-,34+/m1/s1. The number of azide groups is 1. The Labute approximate surface area is 341 Å². The second kappa shape index (κ2) is 20.1. The van der Waals surface area contributed by atoms with Crippen molar-refractivity contribution < 1.29 is 66.7 Å². The number of nitrogens with zero attached hydrogens (tertiary/aromatic N) is 4. The number of hydrogen-bond acceptors (Lipinski definition) is 19. The van der Waals surface area contributed by atoms with E-state index in [9.17, 15) is 43.9 Å². The van der Waals surface area contributed by atoms with Crippen LogP contribution in [-0.4, -0.2) is 109 Å². The van der Waals surface area contributed by atoms with Crippen LogP contribution in [0, 0.1) is 0 Å². The number of hydrogen-bond donors (Lipinski definition) is 1. The summed E-state index contributed by atoms with van der Waals surface area (Å²) in [5.74, 6) is -5.20. The highest BCUT2D eigenvalue weighted by atomic mass is 32.9. The first-order valence-electron chi connectivity index (χ1n) is 17.6. The molecule has 1 amide bonds. The molecular weight excluding hydrogens is 823 g/mol. The molecule has 2 saturated heterocycles. The summed E-state index contributed by atoms with van der Waals surface area (Å²) in [6.07, 6.45) is -13.5. The Hall–Kier alpha value is -5.97. The van der Waals surface area contributed by atoms with Crippen LogP contribution in [0.1, 0.15) is 54.5 Å². The minimum Gasteiger partial charge on any atom is -0.463 e. The lowest BCUT2D eigenvalue weighted by atomic mass is 9.93. The van der Waals surface area contributed by atoms with E-state index in [1.54, 1.807) is 36.4 Å². The molecule has 21 nitrogen and oxygen atoms in total. The number of aromatic nitrogens is 1. The molecule has 5 rings (SSSR count). The van der Waals surface area contributed by atoms with E-state index >= 15 is 0 Å². The predicted molar refractivity (Wildman–Crippen MR) is 201 cm³/mol. The monoisotopic (exact) mass is 859 g/mol. The van der Waals surface area contributed by atoms with Gasteiger partial charge in [-0.3, -0.25) is 28.8 Å². The van der Waals surface area contributed by atoms with E-state index in [1.807, 2.05) is 0 Å². The number of nitrogens with one attached hydrogen (secondary N) is 1. The Balaban J connectivity index is 1.69. The normalized spacial score (nSPS) is 26.2. The molecule has 2 aromatic carbocycles. The van der Waals surface area contributed by atoms with Gasteiger partial charge in [-0.2, -0.15) is 0 Å². The van der Waals surface area contributed by atoms with Crippen LogP contribution in [0.2, 0.25) is 0 Å². The maximum Gasteiger partial charge on any atom is 0.338 e. The van der Waals surface area contributed by atoms with Crippen molar-refractivity contribution in [3.8, 4) is 0 Å². The molecule has 0 spiro atoms. The molecule has 23 heteroatoms. The maximum atomic E-state index is 13.8. The van der Waals surface area contributed by atoms with E-state index in [0.717, 1.165) is 27.7 Å². The molecular formula is C36H37N5O16S2. The van der Waals surface area contributed by atoms with Gasteiger partial charge in [0.05, 0.1) is 11.1 Å². The van der Waals surface area contributed by atoms with Gasteiger partial charge < -0.3 is 43.2 Å². The lowest BCUT2D eigenvalue weighted by Crippen LogP contribution is -2.68. The van der Waals surface area contributed by atoms with Gasteiger partial charge in [0.2, 0.25) is 5.91 Å². The molecule has 2 fully saturated rings. The molecule has 0 unspecified atom stereocenters. The van der Waals surface area contributed by atoms with Crippen LogP contribution >= 0.6 is 20.7 Å². The van der Waals surface area contributed by atoms with Gasteiger partial charge in [0.1, 0.15) is 43.6 Å². The van der Waals surface area contributed by atoms with E-state index in [0.29, 0.717) is 25.2 Å². The molecule has 3 aromatic rings. The molecule has 0 radical (unpaired) electrons. The number of carbonyl (C=O) groups is 6. The van der Waals surface area contributed by atoms with Gasteiger partial charge in [-0.15, -0.1) is 0 Å². The van der Waals surface area contributed by atoms with Gasteiger partial charge in [0.15, 0.2) is 30.8 Å². The third kappa shape index (κ3) is 11.2. The van der Waals surface area contributed by atoms with Gasteiger partial charge in [0.25, 0.3) is 0 Å². The van der Waals surface area contributed by atoms with Gasteiger partial charge in [0, 0.05) is 32.6 Å². The Morgan fingerprint density at radius 2 is 1.25 bits per heavy atom. The second-order valence-electron chi connectivity index (χ2n) is 12.9. The van der Waals surface area contributed by atoms with Crippen molar-refractivity contribution >= 4 is 56.4 Å². The van der Waals surface area contributed by atoms with E-state index in [4.69, 9.17) is 37.9 Å². The number of esters is 5. The van der Waals surface area contributed by atoms with Crippen molar-refractivity contribution in [2.45, 2.75) is 88.9 Å². The number of ether oxygens (including phenoxy) is 8. The third-order valence-corrected chi connectivity index (χ3v) is 10.5. The molecule has 314 valence electrons. The Kier molecular flexibility index (Phi) is 15.1. The molecule has 0 bridgehead atoms. The highest BCUT2D eigenvalue weighted by Gasteiger charge is 2.57. The first kappa shape index (κ1) is 44.1. The minimum atomic E-state index is -1.95. The summed E-state index contributed by atoms with van der Waals surface area (Å²) >= 11 is 0. The maximum absolute atomic E-state index is 13.8. The zero-order chi connectivity index (χ0) is 42.8. The largest absolute Gasteiger partial charge is 0.463 e. The number of rotatable bonds is 14. The third-order valence-electron chi connectivity index (χ3n) is 8.68. The van der Waals surface area contributed by atoms with Crippen molar-refractivity contribution in [3.63, 3.8) is 0 Å². The van der Waals surface area contributed by atoms with Crippen molar-refractivity contribution in [2.75, 3.05) is 13.2 Å². The number of carbonyl (C=O) groups excluding carboxylic acids is 6. The van der Waals surface area contributed by atoms with Crippen LogP contribution in [0.25, 0.3) is 10.4 Å². The topological polar surface area (TPSA) is 276 Å². The SMILES string of the molecule is CC(=O)N[C@@H]1[C@@H](OC(=O)c2ccccc2)[C@H](O[C@@H]2O[C@H](COC(C)=O)[C@@H](OC(C)=O)[C@H](OC(C)=O)[C@H]2n2c(=O)ssc2=O)[C@@H](COC(=O)c2ccccc2)O[C@H]1N=[N+]=[N-]. The first-order chi connectivity index (χ1) is 28.2. The number of benzene rings is 2. The Morgan fingerprint density at radius 1 is 0.712 bits per heavy atom. The molecule has 0 saturated carbocycles. The first-order valence-corrected chi connectivity index (χ1v) is 19.8. The molecule has 2 aliphatic heterocycles. The fourth-order valence-corrected chi connectivity index (χ4v) is 8.05. The highest BCUT2D eigenvalue weighted by molar-refractivity contribution is 7.67. The van der Waals surface area contributed by atoms with Gasteiger partial charge >= 0.3 is 39.6 Å². The van der Waals surface area contributed by atoms with Crippen LogP contribution in [0.5, 0.6) is 0 Å². The van der Waals surface area contributed by atoms with Gasteiger partial charge in [-0.25, -0.2) is 14.2 Å². The van der Waals surface area contributed by atoms with E-state index < -0.39 is 120 Å². The second-order valence-corrected chi connectivity index (χ2v) is 14.9. The number of amides is 1. The summed E-state index contributed by atoms with van der Waals surface area (Å²) in [4.78, 5) is 105. The fourth-order valence-electron chi connectivity index (χ4n) is 6.37. The van der Waals surface area contributed by atoms with E-state index in [-0.39, 0.29) is 11.1 Å². The Bertz CT molecular complexity index is 2150. The zero-order valence-corrected chi connectivity index (χ0v) is 33.2. The van der Waals surface area contributed by atoms with E-state index in [2.05, 4.69) is 15.3 Å². The summed E-state index contributed by atoms with van der Waals surface area (Å²) < 4.78 is 47.5. The zero-order valence-electron chi connectivity index (χ0n) is 31.6. The molecule has 2 aliphatic rings. The quantitative estimate of drug-likeness (QED) is 0.0606. The summed E-state index contributed by atoms with van der Waals surface area (Å²) in [6.45, 7) is 2.87. The Morgan fingerprint density at radius 3 is 1.80 bits per heavy atom. The van der Waals surface area contributed by atoms with Crippen LogP contribution in [-0.2, 0) is 57.1 Å². The van der Waals surface area contributed by atoms with Crippen molar-refractivity contribution in [2.24, 2.45) is 5.11 Å². The molecule has 0 aliphatic carbocycles. The lowest BCUT2D eigenvalue weighted by molar-refractivity contribution is -0.323. The molecule has 10 atom stereocenters. The van der Waals surface area contributed by atoms with Crippen LogP contribution in [0.4, 0.5) is 0 Å². The molecule has 3 heterocycles. The smallest absolute Gasteiger partial charge is 0.338 e. The molecule has 1 N–H and O–H groups in total. The summed E-state index contributed by atoms with van der Waals surface area (Å²) in [7, 11) is 1.03. The van der Waals surface area contributed by atoms with E-state index in [1.165, 1.54) is 24.3 Å². The average Bonchev–Trinajstić information content (AvgIpc) is 3.52. The van der Waals surface area contributed by atoms with Crippen molar-refractivity contribution in [1.82, 2.24) is 9.88 Å². The minimum absolute atomic E-state index is 0.0291.